The van der Waals surface area contributed by atoms with Crippen LogP contribution in [0.25, 0.3) is 16.6 Å². The molecule has 0 fully saturated rings. The second-order valence-corrected chi connectivity index (χ2v) is 9.83. The fourth-order valence-corrected chi connectivity index (χ4v) is 4.59. The monoisotopic (exact) mass is 570 g/mol. The highest BCUT2D eigenvalue weighted by Gasteiger charge is 2.18. The highest BCUT2D eigenvalue weighted by atomic mass is 35.5. The molecule has 0 radical (unpaired) electrons. The molecule has 2 aromatic carbocycles. The molecule has 0 spiro atoms. The van der Waals surface area contributed by atoms with Gasteiger partial charge in [-0.15, -0.1) is 0 Å². The minimum absolute atomic E-state index is 0.0245. The number of nitrogens with two attached hydrogens (primary N) is 1. The van der Waals surface area contributed by atoms with Crippen LogP contribution in [0, 0.1) is 6.92 Å². The zero-order valence-electron chi connectivity index (χ0n) is 20.0. The molecule has 5 rings (SSSR count). The third kappa shape index (κ3) is 5.16. The molecule has 0 aliphatic rings. The first-order valence-electron chi connectivity index (χ1n) is 11.5. The number of anilines is 2. The van der Waals surface area contributed by atoms with Crippen LogP contribution in [0.5, 0.6) is 0 Å². The normalized spacial score (nSPS) is 11.3. The summed E-state index contributed by atoms with van der Waals surface area (Å²) < 4.78 is 3.96. The van der Waals surface area contributed by atoms with Crippen LogP contribution in [-0.2, 0) is 13.1 Å². The lowest BCUT2D eigenvalue weighted by molar-refractivity contribution is 0.632. The van der Waals surface area contributed by atoms with Gasteiger partial charge < -0.3 is 11.1 Å². The number of fused-ring (bicyclic) bond motifs is 1. The largest absolute Gasteiger partial charge is 0.359 e. The van der Waals surface area contributed by atoms with E-state index in [1.165, 1.54) is 10.8 Å². The summed E-state index contributed by atoms with van der Waals surface area (Å²) in [6, 6.07) is 10.0. The Bertz CT molecular complexity index is 1790. The van der Waals surface area contributed by atoms with Crippen LogP contribution in [0.3, 0.4) is 0 Å². The molecule has 0 bridgehead atoms. The van der Waals surface area contributed by atoms with Crippen LogP contribution in [0.2, 0.25) is 15.1 Å². The summed E-state index contributed by atoms with van der Waals surface area (Å²) in [7, 11) is 0. The van der Waals surface area contributed by atoms with E-state index < -0.39 is 11.4 Å². The van der Waals surface area contributed by atoms with Crippen molar-refractivity contribution < 1.29 is 0 Å². The van der Waals surface area contributed by atoms with Gasteiger partial charge in [0, 0.05) is 34.4 Å². The van der Waals surface area contributed by atoms with Crippen LogP contribution < -0.4 is 22.4 Å². The first-order valence-corrected chi connectivity index (χ1v) is 12.6. The second kappa shape index (κ2) is 10.6. The molecule has 0 unspecified atom stereocenters. The van der Waals surface area contributed by atoms with Gasteiger partial charge in [-0.05, 0) is 54.4 Å². The van der Waals surface area contributed by atoms with Gasteiger partial charge in [-0.1, -0.05) is 34.8 Å². The van der Waals surface area contributed by atoms with Gasteiger partial charge in [-0.2, -0.15) is 10.1 Å². The molecule has 0 aliphatic heterocycles. The Kier molecular flexibility index (Phi) is 7.22. The molecule has 0 atom stereocenters. The predicted molar refractivity (Wildman–Crippen MR) is 149 cm³/mol. The number of nitrogens with one attached hydrogen (secondary N) is 1. The van der Waals surface area contributed by atoms with Crippen LogP contribution in [-0.4, -0.2) is 35.4 Å². The van der Waals surface area contributed by atoms with Gasteiger partial charge in [-0.3, -0.25) is 14.2 Å². The maximum absolute atomic E-state index is 13.8. The topological polar surface area (TPSA) is 126 Å². The lowest BCUT2D eigenvalue weighted by atomic mass is 10.2. The Hall–Kier alpha value is -3.70. The number of benzene rings is 2. The second-order valence-electron chi connectivity index (χ2n) is 8.58. The van der Waals surface area contributed by atoms with Crippen LogP contribution in [0.4, 0.5) is 11.6 Å². The SMILES string of the molecule is Cc1cncc(-n2c(=O)nc(Nc3cc4cn(CCN)nc4cc3Cl)n(Cc3cc(Cl)ccc3Cl)c2=O)c1. The summed E-state index contributed by atoms with van der Waals surface area (Å²) in [6.07, 6.45) is 4.87. The molecule has 5 aromatic rings. The van der Waals surface area contributed by atoms with Crippen molar-refractivity contribution >= 4 is 57.3 Å². The fourth-order valence-electron chi connectivity index (χ4n) is 4.01. The number of aromatic nitrogens is 6. The van der Waals surface area contributed by atoms with E-state index in [1.54, 1.807) is 47.3 Å². The van der Waals surface area contributed by atoms with Crippen molar-refractivity contribution in [3.05, 3.63) is 102 Å². The van der Waals surface area contributed by atoms with Crippen molar-refractivity contribution in [3.63, 3.8) is 0 Å². The van der Waals surface area contributed by atoms with E-state index in [-0.39, 0.29) is 18.2 Å². The van der Waals surface area contributed by atoms with Gasteiger partial charge in [0.15, 0.2) is 0 Å². The van der Waals surface area contributed by atoms with Crippen LogP contribution in [0.1, 0.15) is 11.1 Å². The fraction of sp³-hybridized carbons (Fsp3) is 0.160. The first kappa shape index (κ1) is 25.9. The van der Waals surface area contributed by atoms with Gasteiger partial charge in [-0.25, -0.2) is 14.2 Å². The Balaban J connectivity index is 1.67. The lowest BCUT2D eigenvalue weighted by Gasteiger charge is -2.17. The smallest absolute Gasteiger partial charge is 0.329 e. The van der Waals surface area contributed by atoms with Crippen LogP contribution >= 0.6 is 34.8 Å². The van der Waals surface area contributed by atoms with Crippen molar-refractivity contribution in [2.75, 3.05) is 11.9 Å². The van der Waals surface area contributed by atoms with E-state index in [9.17, 15) is 9.59 Å². The number of nitrogens with zero attached hydrogens (tertiary/aromatic N) is 6. The molecular weight excluding hydrogens is 551 g/mol. The molecule has 0 aliphatic carbocycles. The summed E-state index contributed by atoms with van der Waals surface area (Å²) in [5, 5.41) is 9.46. The van der Waals surface area contributed by atoms with Gasteiger partial charge in [0.05, 0.1) is 41.2 Å². The maximum atomic E-state index is 13.8. The molecule has 38 heavy (non-hydrogen) atoms. The molecule has 0 amide bonds. The quantitative estimate of drug-likeness (QED) is 0.300. The van der Waals surface area contributed by atoms with Crippen molar-refractivity contribution in [2.24, 2.45) is 5.73 Å². The number of hydrogen-bond donors (Lipinski definition) is 2. The van der Waals surface area contributed by atoms with Crippen molar-refractivity contribution in [1.82, 2.24) is 28.9 Å². The van der Waals surface area contributed by atoms with E-state index in [0.29, 0.717) is 44.9 Å². The Morgan fingerprint density at radius 2 is 1.84 bits per heavy atom. The number of aryl methyl sites for hydroxylation is 1. The summed E-state index contributed by atoms with van der Waals surface area (Å²) in [6.45, 7) is 2.76. The van der Waals surface area contributed by atoms with Crippen molar-refractivity contribution in [3.8, 4) is 5.69 Å². The number of halogens is 3. The van der Waals surface area contributed by atoms with E-state index in [4.69, 9.17) is 40.5 Å². The molecule has 13 heteroatoms. The summed E-state index contributed by atoms with van der Waals surface area (Å²) in [4.78, 5) is 35.2. The third-order valence-electron chi connectivity index (χ3n) is 5.77. The standard InChI is InChI=1S/C25H21Cl3N8O2/c1-14-6-18(11-30-10-14)36-24(37)32-23(35(25(36)38)13-15-7-17(26)2-3-19(15)27)31-22-8-16-12-34(5-4-29)33-21(16)9-20(22)28/h2-3,6-12H,4-5,13,29H2,1H3,(H,31,32,37). The average molecular weight is 572 g/mol. The minimum Gasteiger partial charge on any atom is -0.329 e. The van der Waals surface area contributed by atoms with Crippen molar-refractivity contribution in [1.29, 1.82) is 0 Å². The number of hydrogen-bond acceptors (Lipinski definition) is 7. The van der Waals surface area contributed by atoms with Gasteiger partial charge in [0.1, 0.15) is 0 Å². The van der Waals surface area contributed by atoms with Gasteiger partial charge in [0.25, 0.3) is 0 Å². The maximum Gasteiger partial charge on any atom is 0.359 e. The molecule has 0 saturated carbocycles. The van der Waals surface area contributed by atoms with Crippen LogP contribution in [0.15, 0.2) is 64.6 Å². The number of pyridine rings is 1. The molecule has 194 valence electrons. The zero-order valence-corrected chi connectivity index (χ0v) is 22.3. The van der Waals surface area contributed by atoms with E-state index in [2.05, 4.69) is 20.4 Å². The van der Waals surface area contributed by atoms with E-state index in [1.807, 2.05) is 13.1 Å². The predicted octanol–water partition coefficient (Wildman–Crippen LogP) is 4.16. The zero-order chi connectivity index (χ0) is 27.0. The first-order chi connectivity index (χ1) is 18.2. The van der Waals surface area contributed by atoms with Gasteiger partial charge >= 0.3 is 11.4 Å². The molecule has 3 aromatic heterocycles. The van der Waals surface area contributed by atoms with Gasteiger partial charge in [0.2, 0.25) is 5.95 Å². The lowest BCUT2D eigenvalue weighted by Crippen LogP contribution is -2.41. The highest BCUT2D eigenvalue weighted by Crippen LogP contribution is 2.30. The number of rotatable bonds is 7. The molecule has 0 saturated heterocycles. The average Bonchev–Trinajstić information content (AvgIpc) is 3.25. The highest BCUT2D eigenvalue weighted by molar-refractivity contribution is 6.34. The molecule has 3 N–H and O–H groups in total. The molecular formula is C25H21Cl3N8O2. The van der Waals surface area contributed by atoms with E-state index in [0.717, 1.165) is 15.5 Å². The third-order valence-corrected chi connectivity index (χ3v) is 6.69. The minimum atomic E-state index is -0.786. The Morgan fingerprint density at radius 3 is 2.61 bits per heavy atom. The summed E-state index contributed by atoms with van der Waals surface area (Å²) >= 11 is 19.1. The Morgan fingerprint density at radius 1 is 1.03 bits per heavy atom. The van der Waals surface area contributed by atoms with E-state index >= 15 is 0 Å². The van der Waals surface area contributed by atoms with Crippen molar-refractivity contribution in [2.45, 2.75) is 20.0 Å². The molecule has 10 nitrogen and oxygen atoms in total. The summed E-state index contributed by atoms with van der Waals surface area (Å²) in [5.74, 6) is -0.0245. The molecule has 3 heterocycles. The Labute approximate surface area is 231 Å². The summed E-state index contributed by atoms with van der Waals surface area (Å²) in [5.41, 5.74) is 6.93.